The van der Waals surface area contributed by atoms with Gasteiger partial charge in [0.1, 0.15) is 0 Å². The smallest absolute Gasteiger partial charge is 0.0187 e. The zero-order valence-corrected chi connectivity index (χ0v) is 11.1. The van der Waals surface area contributed by atoms with Gasteiger partial charge in [0.15, 0.2) is 0 Å². The van der Waals surface area contributed by atoms with Crippen LogP contribution in [0.2, 0.25) is 0 Å². The van der Waals surface area contributed by atoms with Gasteiger partial charge in [-0.3, -0.25) is 0 Å². The van der Waals surface area contributed by atoms with Gasteiger partial charge < -0.3 is 0 Å². The molecule has 92 valence electrons. The summed E-state index contributed by atoms with van der Waals surface area (Å²) in [5.74, 6) is 0.613. The number of hydrogen-bond donors (Lipinski definition) is 0. The Balaban J connectivity index is 2.26. The van der Waals surface area contributed by atoms with Gasteiger partial charge in [0, 0.05) is 0 Å². The molecule has 2 rings (SSSR count). The van der Waals surface area contributed by atoms with Crippen molar-refractivity contribution in [1.82, 2.24) is 0 Å². The first-order chi connectivity index (χ1) is 8.81. The maximum absolute atomic E-state index is 2.29. The summed E-state index contributed by atoms with van der Waals surface area (Å²) >= 11 is 0. The zero-order chi connectivity index (χ0) is 12.8. The summed E-state index contributed by atoms with van der Waals surface area (Å²) in [7, 11) is 0. The van der Waals surface area contributed by atoms with E-state index in [1.165, 1.54) is 23.1 Å². The molecule has 0 saturated carbocycles. The lowest BCUT2D eigenvalue weighted by atomic mass is 9.93. The largest absolute Gasteiger partial charge is 0.0648 e. The van der Waals surface area contributed by atoms with Crippen LogP contribution in [0.4, 0.5) is 0 Å². The fourth-order valence-electron chi connectivity index (χ4n) is 2.08. The van der Waals surface area contributed by atoms with Crippen LogP contribution in [0, 0.1) is 0 Å². The highest BCUT2D eigenvalue weighted by molar-refractivity contribution is 5.71. The van der Waals surface area contributed by atoms with E-state index in [0.29, 0.717) is 5.92 Å². The molecule has 0 saturated heterocycles. The summed E-state index contributed by atoms with van der Waals surface area (Å²) in [6, 6.07) is 19.1. The topological polar surface area (TPSA) is 0 Å². The van der Waals surface area contributed by atoms with E-state index in [-0.39, 0.29) is 0 Å². The van der Waals surface area contributed by atoms with Crippen LogP contribution in [0.1, 0.15) is 42.9 Å². The van der Waals surface area contributed by atoms with Gasteiger partial charge in [-0.2, -0.15) is 0 Å². The predicted molar refractivity (Wildman–Crippen MR) is 80.5 cm³/mol. The minimum atomic E-state index is 0.613. The second-order valence-corrected chi connectivity index (χ2v) is 4.68. The van der Waals surface area contributed by atoms with Crippen LogP contribution in [0.3, 0.4) is 0 Å². The molecule has 0 aliphatic heterocycles. The molecule has 0 aliphatic rings. The molecule has 0 amide bonds. The van der Waals surface area contributed by atoms with Crippen molar-refractivity contribution in [2.75, 3.05) is 0 Å². The molecule has 0 heterocycles. The van der Waals surface area contributed by atoms with Gasteiger partial charge in [-0.1, -0.05) is 80.6 Å². The third-order valence-corrected chi connectivity index (χ3v) is 3.39. The summed E-state index contributed by atoms with van der Waals surface area (Å²) in [6.07, 6.45) is 5.58. The fourth-order valence-corrected chi connectivity index (χ4v) is 2.08. The van der Waals surface area contributed by atoms with Crippen molar-refractivity contribution >= 4 is 12.2 Å². The molecular formula is C18H20. The van der Waals surface area contributed by atoms with Crippen molar-refractivity contribution in [3.63, 3.8) is 0 Å². The first kappa shape index (κ1) is 12.6. The zero-order valence-electron chi connectivity index (χ0n) is 11.1. The predicted octanol–water partition coefficient (Wildman–Crippen LogP) is 5.37. The Kier molecular flexibility index (Phi) is 4.35. The monoisotopic (exact) mass is 236 g/mol. The van der Waals surface area contributed by atoms with Crippen LogP contribution >= 0.6 is 0 Å². The quantitative estimate of drug-likeness (QED) is 0.626. The molecule has 0 nitrogen and oxygen atoms in total. The van der Waals surface area contributed by atoms with Crippen LogP contribution in [0.25, 0.3) is 12.2 Å². The molecule has 18 heavy (non-hydrogen) atoms. The number of benzene rings is 2. The van der Waals surface area contributed by atoms with E-state index in [0.717, 1.165) is 0 Å². The van der Waals surface area contributed by atoms with Crippen molar-refractivity contribution in [2.45, 2.75) is 26.2 Å². The maximum atomic E-state index is 2.29. The first-order valence-corrected chi connectivity index (χ1v) is 6.63. The first-order valence-electron chi connectivity index (χ1n) is 6.63. The van der Waals surface area contributed by atoms with Gasteiger partial charge in [0.25, 0.3) is 0 Å². The molecule has 1 unspecified atom stereocenters. The van der Waals surface area contributed by atoms with Crippen LogP contribution in [-0.2, 0) is 0 Å². The van der Waals surface area contributed by atoms with E-state index in [9.17, 15) is 0 Å². The number of rotatable bonds is 4. The molecule has 2 aromatic carbocycles. The Hall–Kier alpha value is -1.82. The van der Waals surface area contributed by atoms with E-state index < -0.39 is 0 Å². The lowest BCUT2D eigenvalue weighted by molar-refractivity contribution is 0.732. The Morgan fingerprint density at radius 1 is 0.889 bits per heavy atom. The molecule has 0 spiro atoms. The normalized spacial score (nSPS) is 12.8. The Bertz CT molecular complexity index is 509. The van der Waals surface area contributed by atoms with E-state index in [1.54, 1.807) is 0 Å². The fraction of sp³-hybridized carbons (Fsp3) is 0.222. The third kappa shape index (κ3) is 3.10. The maximum Gasteiger partial charge on any atom is -0.0187 e. The van der Waals surface area contributed by atoms with Gasteiger partial charge in [-0.25, -0.2) is 0 Å². The van der Waals surface area contributed by atoms with Gasteiger partial charge in [-0.05, 0) is 29.0 Å². The molecule has 0 aromatic heterocycles. The van der Waals surface area contributed by atoms with E-state index in [2.05, 4.69) is 74.5 Å². The Morgan fingerprint density at radius 2 is 1.56 bits per heavy atom. The average molecular weight is 236 g/mol. The van der Waals surface area contributed by atoms with Crippen LogP contribution in [-0.4, -0.2) is 0 Å². The van der Waals surface area contributed by atoms with Crippen molar-refractivity contribution in [3.8, 4) is 0 Å². The minimum Gasteiger partial charge on any atom is -0.0648 e. The summed E-state index contributed by atoms with van der Waals surface area (Å²) < 4.78 is 0. The Morgan fingerprint density at radius 3 is 2.28 bits per heavy atom. The molecule has 0 fully saturated rings. The highest BCUT2D eigenvalue weighted by atomic mass is 14.1. The molecule has 0 bridgehead atoms. The number of hydrogen-bond acceptors (Lipinski definition) is 0. The summed E-state index contributed by atoms with van der Waals surface area (Å²) in [6.45, 7) is 4.53. The second-order valence-electron chi connectivity index (χ2n) is 4.68. The van der Waals surface area contributed by atoms with Gasteiger partial charge in [0.2, 0.25) is 0 Å². The second kappa shape index (κ2) is 6.20. The molecule has 0 N–H and O–H groups in total. The van der Waals surface area contributed by atoms with E-state index in [1.807, 2.05) is 6.07 Å². The van der Waals surface area contributed by atoms with Crippen molar-refractivity contribution in [1.29, 1.82) is 0 Å². The summed E-state index contributed by atoms with van der Waals surface area (Å²) in [5.41, 5.74) is 4.01. The molecular weight excluding hydrogens is 216 g/mol. The molecule has 0 radical (unpaired) electrons. The van der Waals surface area contributed by atoms with E-state index in [4.69, 9.17) is 0 Å². The van der Waals surface area contributed by atoms with Gasteiger partial charge >= 0.3 is 0 Å². The van der Waals surface area contributed by atoms with Crippen molar-refractivity contribution in [2.24, 2.45) is 0 Å². The summed E-state index contributed by atoms with van der Waals surface area (Å²) in [4.78, 5) is 0. The minimum absolute atomic E-state index is 0.613. The average Bonchev–Trinajstić information content (AvgIpc) is 2.45. The van der Waals surface area contributed by atoms with Crippen molar-refractivity contribution < 1.29 is 0 Å². The van der Waals surface area contributed by atoms with Crippen LogP contribution < -0.4 is 0 Å². The SMILES string of the molecule is CCC(C)c1ccccc1C=Cc1ccccc1. The molecule has 1 atom stereocenters. The molecule has 2 aromatic rings. The standard InChI is InChI=1S/C18H20/c1-3-15(2)18-12-8-7-11-17(18)14-13-16-9-5-4-6-10-16/h4-15H,3H2,1-2H3. The molecule has 0 aliphatic carbocycles. The van der Waals surface area contributed by atoms with Crippen LogP contribution in [0.5, 0.6) is 0 Å². The summed E-state index contributed by atoms with van der Waals surface area (Å²) in [5, 5.41) is 0. The lowest BCUT2D eigenvalue weighted by Crippen LogP contribution is -1.94. The Labute approximate surface area is 110 Å². The third-order valence-electron chi connectivity index (χ3n) is 3.39. The molecule has 0 heteroatoms. The van der Waals surface area contributed by atoms with Crippen molar-refractivity contribution in [3.05, 3.63) is 71.3 Å². The van der Waals surface area contributed by atoms with Gasteiger partial charge in [0.05, 0.1) is 0 Å². The highest BCUT2D eigenvalue weighted by Gasteiger charge is 2.05. The van der Waals surface area contributed by atoms with Crippen LogP contribution in [0.15, 0.2) is 54.6 Å². The van der Waals surface area contributed by atoms with Gasteiger partial charge in [-0.15, -0.1) is 0 Å². The highest BCUT2D eigenvalue weighted by Crippen LogP contribution is 2.24. The lowest BCUT2D eigenvalue weighted by Gasteiger charge is -2.12. The van der Waals surface area contributed by atoms with E-state index >= 15 is 0 Å².